The minimum atomic E-state index is 0.467. The molecule has 2 aliphatic rings. The second kappa shape index (κ2) is 6.38. The maximum absolute atomic E-state index is 2.65. The van der Waals surface area contributed by atoms with E-state index < -0.39 is 0 Å². The standard InChI is InChI=1S/C18H24N2/c1-19-12-14-20(15-13-19)18(16-8-4-2-5-9-16)17-10-6-3-7-11-17/h2-6,8-10,18H,7,11-15H2,1H3. The Hall–Kier alpha value is -1.38. The predicted octanol–water partition coefficient (Wildman–Crippen LogP) is 3.25. The van der Waals surface area contributed by atoms with Crippen molar-refractivity contribution in [1.29, 1.82) is 0 Å². The van der Waals surface area contributed by atoms with Gasteiger partial charge in [0.2, 0.25) is 0 Å². The van der Waals surface area contributed by atoms with Gasteiger partial charge in [0.1, 0.15) is 0 Å². The Morgan fingerprint density at radius 3 is 2.40 bits per heavy atom. The van der Waals surface area contributed by atoms with E-state index in [0.717, 1.165) is 13.1 Å². The van der Waals surface area contributed by atoms with Crippen molar-refractivity contribution in [2.45, 2.75) is 18.9 Å². The Morgan fingerprint density at radius 1 is 1.00 bits per heavy atom. The topological polar surface area (TPSA) is 6.48 Å². The lowest BCUT2D eigenvalue weighted by molar-refractivity contribution is 0.124. The van der Waals surface area contributed by atoms with Gasteiger partial charge in [0.25, 0.3) is 0 Å². The number of rotatable bonds is 3. The Labute approximate surface area is 122 Å². The maximum atomic E-state index is 2.65. The quantitative estimate of drug-likeness (QED) is 0.830. The van der Waals surface area contributed by atoms with E-state index in [0.29, 0.717) is 6.04 Å². The van der Waals surface area contributed by atoms with Crippen molar-refractivity contribution >= 4 is 0 Å². The number of hydrogen-bond donors (Lipinski definition) is 0. The summed E-state index contributed by atoms with van der Waals surface area (Å²) in [4.78, 5) is 5.08. The van der Waals surface area contributed by atoms with Gasteiger partial charge in [0.05, 0.1) is 6.04 Å². The molecule has 0 aromatic heterocycles. The molecule has 1 unspecified atom stereocenters. The molecule has 1 aliphatic carbocycles. The summed E-state index contributed by atoms with van der Waals surface area (Å²) in [5.41, 5.74) is 3.02. The first-order valence-corrected chi connectivity index (χ1v) is 7.68. The van der Waals surface area contributed by atoms with Crippen molar-refractivity contribution < 1.29 is 0 Å². The number of nitrogens with zero attached hydrogens (tertiary/aromatic N) is 2. The van der Waals surface area contributed by atoms with Gasteiger partial charge in [0.15, 0.2) is 0 Å². The summed E-state index contributed by atoms with van der Waals surface area (Å²) in [6.07, 6.45) is 9.21. The number of benzene rings is 1. The second-order valence-corrected chi connectivity index (χ2v) is 5.86. The fourth-order valence-electron chi connectivity index (χ4n) is 3.22. The lowest BCUT2D eigenvalue weighted by Gasteiger charge is -2.39. The summed E-state index contributed by atoms with van der Waals surface area (Å²) in [5.74, 6) is 0. The lowest BCUT2D eigenvalue weighted by Crippen LogP contribution is -2.46. The molecule has 1 aromatic carbocycles. The van der Waals surface area contributed by atoms with Gasteiger partial charge in [-0.25, -0.2) is 0 Å². The summed E-state index contributed by atoms with van der Waals surface area (Å²) < 4.78 is 0. The van der Waals surface area contributed by atoms with Gasteiger partial charge >= 0.3 is 0 Å². The number of allylic oxidation sites excluding steroid dienone is 3. The van der Waals surface area contributed by atoms with Gasteiger partial charge in [-0.1, -0.05) is 48.6 Å². The van der Waals surface area contributed by atoms with Crippen molar-refractivity contribution in [2.24, 2.45) is 0 Å². The first kappa shape index (κ1) is 13.6. The molecule has 1 atom stereocenters. The molecule has 1 saturated heterocycles. The van der Waals surface area contributed by atoms with Gasteiger partial charge in [-0.2, -0.15) is 0 Å². The predicted molar refractivity (Wildman–Crippen MR) is 84.7 cm³/mol. The smallest absolute Gasteiger partial charge is 0.0565 e. The number of piperazine rings is 1. The van der Waals surface area contributed by atoms with Gasteiger partial charge in [0, 0.05) is 26.2 Å². The molecule has 0 bridgehead atoms. The lowest BCUT2D eigenvalue weighted by atomic mass is 9.91. The van der Waals surface area contributed by atoms with Gasteiger partial charge < -0.3 is 4.90 Å². The van der Waals surface area contributed by atoms with E-state index in [2.05, 4.69) is 65.4 Å². The van der Waals surface area contributed by atoms with Crippen LogP contribution < -0.4 is 0 Å². The van der Waals surface area contributed by atoms with E-state index in [1.807, 2.05) is 0 Å². The average Bonchev–Trinajstić information content (AvgIpc) is 2.52. The van der Waals surface area contributed by atoms with E-state index in [1.165, 1.54) is 31.5 Å². The highest BCUT2D eigenvalue weighted by molar-refractivity contribution is 5.32. The van der Waals surface area contributed by atoms with Crippen molar-refractivity contribution in [2.75, 3.05) is 33.2 Å². The zero-order chi connectivity index (χ0) is 13.8. The van der Waals surface area contributed by atoms with Crippen LogP contribution in [0.15, 0.2) is 54.1 Å². The highest BCUT2D eigenvalue weighted by Crippen LogP contribution is 2.33. The SMILES string of the molecule is CN1CCN(C(C2=CC=CCC2)c2ccccc2)CC1. The Morgan fingerprint density at radius 2 is 1.75 bits per heavy atom. The van der Waals surface area contributed by atoms with E-state index in [1.54, 1.807) is 5.57 Å². The molecule has 0 N–H and O–H groups in total. The third kappa shape index (κ3) is 3.02. The third-order valence-corrected chi connectivity index (χ3v) is 4.42. The minimum Gasteiger partial charge on any atom is -0.304 e. The van der Waals surface area contributed by atoms with Crippen LogP contribution in [0.5, 0.6) is 0 Å². The molecule has 0 radical (unpaired) electrons. The highest BCUT2D eigenvalue weighted by atomic mass is 15.3. The first-order valence-electron chi connectivity index (χ1n) is 7.68. The van der Waals surface area contributed by atoms with Crippen LogP contribution in [0, 0.1) is 0 Å². The Kier molecular flexibility index (Phi) is 4.34. The van der Waals surface area contributed by atoms with Crippen LogP contribution in [0.3, 0.4) is 0 Å². The van der Waals surface area contributed by atoms with Gasteiger partial charge in [-0.05, 0) is 31.0 Å². The van der Waals surface area contributed by atoms with Crippen LogP contribution >= 0.6 is 0 Å². The summed E-state index contributed by atoms with van der Waals surface area (Å²) in [5, 5.41) is 0. The number of hydrogen-bond acceptors (Lipinski definition) is 2. The molecule has 1 aliphatic heterocycles. The molecular formula is C18H24N2. The molecule has 106 valence electrons. The molecule has 0 amide bonds. The first-order chi connectivity index (χ1) is 9.84. The molecule has 3 rings (SSSR count). The summed E-state index contributed by atoms with van der Waals surface area (Å²) in [7, 11) is 2.22. The molecule has 1 heterocycles. The monoisotopic (exact) mass is 268 g/mol. The van der Waals surface area contributed by atoms with Crippen molar-refractivity contribution in [1.82, 2.24) is 9.80 Å². The number of likely N-dealkylation sites (N-methyl/N-ethyl adjacent to an activating group) is 1. The van der Waals surface area contributed by atoms with Crippen molar-refractivity contribution in [3.63, 3.8) is 0 Å². The molecule has 2 nitrogen and oxygen atoms in total. The van der Waals surface area contributed by atoms with Crippen molar-refractivity contribution in [3.8, 4) is 0 Å². The molecule has 2 heteroatoms. The fraction of sp³-hybridized carbons (Fsp3) is 0.444. The molecule has 1 aromatic rings. The van der Waals surface area contributed by atoms with Gasteiger partial charge in [-0.3, -0.25) is 4.90 Å². The van der Waals surface area contributed by atoms with E-state index in [9.17, 15) is 0 Å². The van der Waals surface area contributed by atoms with Crippen molar-refractivity contribution in [3.05, 3.63) is 59.7 Å². The van der Waals surface area contributed by atoms with Gasteiger partial charge in [-0.15, -0.1) is 0 Å². The van der Waals surface area contributed by atoms with Crippen LogP contribution in [0.1, 0.15) is 24.4 Å². The Balaban J connectivity index is 1.87. The summed E-state index contributed by atoms with van der Waals surface area (Å²) in [6, 6.07) is 11.5. The Bertz CT molecular complexity index is 481. The minimum absolute atomic E-state index is 0.467. The van der Waals surface area contributed by atoms with Crippen LogP contribution in [0.25, 0.3) is 0 Å². The zero-order valence-corrected chi connectivity index (χ0v) is 12.3. The summed E-state index contributed by atoms with van der Waals surface area (Å²) >= 11 is 0. The summed E-state index contributed by atoms with van der Waals surface area (Å²) in [6.45, 7) is 4.67. The maximum Gasteiger partial charge on any atom is 0.0565 e. The van der Waals surface area contributed by atoms with Crippen LogP contribution in [0.4, 0.5) is 0 Å². The van der Waals surface area contributed by atoms with Crippen LogP contribution in [-0.4, -0.2) is 43.0 Å². The second-order valence-electron chi connectivity index (χ2n) is 5.86. The zero-order valence-electron chi connectivity index (χ0n) is 12.3. The molecule has 20 heavy (non-hydrogen) atoms. The van der Waals surface area contributed by atoms with Crippen LogP contribution in [-0.2, 0) is 0 Å². The van der Waals surface area contributed by atoms with Crippen LogP contribution in [0.2, 0.25) is 0 Å². The fourth-order valence-corrected chi connectivity index (χ4v) is 3.22. The molecule has 1 fully saturated rings. The largest absolute Gasteiger partial charge is 0.304 e. The average molecular weight is 268 g/mol. The third-order valence-electron chi connectivity index (χ3n) is 4.42. The van der Waals surface area contributed by atoms with E-state index in [4.69, 9.17) is 0 Å². The van der Waals surface area contributed by atoms with E-state index >= 15 is 0 Å². The molecule has 0 spiro atoms. The van der Waals surface area contributed by atoms with E-state index in [-0.39, 0.29) is 0 Å². The normalized spacial score (nSPS) is 22.6. The molecule has 0 saturated carbocycles. The molecular weight excluding hydrogens is 244 g/mol. The highest BCUT2D eigenvalue weighted by Gasteiger charge is 2.26.